The summed E-state index contributed by atoms with van der Waals surface area (Å²) in [6, 6.07) is 1.83. The Hall–Kier alpha value is -1.83. The number of hydrogen-bond acceptors (Lipinski definition) is 5. The molecule has 0 radical (unpaired) electrons. The van der Waals surface area contributed by atoms with Gasteiger partial charge in [0, 0.05) is 26.7 Å². The Morgan fingerprint density at radius 1 is 1.28 bits per heavy atom. The summed E-state index contributed by atoms with van der Waals surface area (Å²) in [7, 11) is 3.70. The standard InChI is InChI=1S/C13H21N5/c1-11(2)6-5-7-17(3)12-8-13(16-10-15-12)18(4)9-14/h8,10-11H,5-7H2,1-4H3. The normalized spacial score (nSPS) is 10.2. The highest BCUT2D eigenvalue weighted by atomic mass is 15.2. The molecule has 0 bridgehead atoms. The molecule has 1 aromatic heterocycles. The van der Waals surface area contributed by atoms with Gasteiger partial charge in [0.05, 0.1) is 0 Å². The van der Waals surface area contributed by atoms with Gasteiger partial charge < -0.3 is 4.90 Å². The highest BCUT2D eigenvalue weighted by molar-refractivity contribution is 5.51. The Morgan fingerprint density at radius 2 is 1.94 bits per heavy atom. The Labute approximate surface area is 109 Å². The summed E-state index contributed by atoms with van der Waals surface area (Å²) >= 11 is 0. The van der Waals surface area contributed by atoms with Crippen LogP contribution in [0, 0.1) is 17.4 Å². The Morgan fingerprint density at radius 3 is 2.56 bits per heavy atom. The second-order valence-electron chi connectivity index (χ2n) is 4.85. The van der Waals surface area contributed by atoms with Crippen LogP contribution in [0.4, 0.5) is 11.6 Å². The molecular weight excluding hydrogens is 226 g/mol. The molecule has 1 rings (SSSR count). The fourth-order valence-corrected chi connectivity index (χ4v) is 1.63. The number of hydrogen-bond donors (Lipinski definition) is 0. The smallest absolute Gasteiger partial charge is 0.185 e. The summed E-state index contributed by atoms with van der Waals surface area (Å²) in [5.41, 5.74) is 0. The lowest BCUT2D eigenvalue weighted by Crippen LogP contribution is -2.21. The van der Waals surface area contributed by atoms with Crippen LogP contribution in [0.5, 0.6) is 0 Å². The van der Waals surface area contributed by atoms with Crippen molar-refractivity contribution >= 4 is 11.6 Å². The second kappa shape index (κ2) is 6.80. The van der Waals surface area contributed by atoms with Crippen LogP contribution in [0.15, 0.2) is 12.4 Å². The number of nitrogens with zero attached hydrogens (tertiary/aromatic N) is 5. The first-order valence-corrected chi connectivity index (χ1v) is 6.21. The molecule has 0 saturated heterocycles. The van der Waals surface area contributed by atoms with E-state index in [1.165, 1.54) is 17.6 Å². The number of anilines is 2. The molecule has 0 aliphatic carbocycles. The van der Waals surface area contributed by atoms with Crippen molar-refractivity contribution in [1.82, 2.24) is 9.97 Å². The summed E-state index contributed by atoms with van der Waals surface area (Å²) in [5, 5.41) is 8.82. The van der Waals surface area contributed by atoms with Gasteiger partial charge in [0.25, 0.3) is 0 Å². The summed E-state index contributed by atoms with van der Waals surface area (Å²) < 4.78 is 0. The maximum atomic E-state index is 8.82. The van der Waals surface area contributed by atoms with E-state index >= 15 is 0 Å². The molecule has 1 aromatic rings. The zero-order chi connectivity index (χ0) is 13.5. The number of nitriles is 1. The highest BCUT2D eigenvalue weighted by Gasteiger charge is 2.07. The van der Waals surface area contributed by atoms with Gasteiger partial charge in [-0.25, -0.2) is 9.97 Å². The van der Waals surface area contributed by atoms with Gasteiger partial charge in [0.15, 0.2) is 6.19 Å². The van der Waals surface area contributed by atoms with Crippen LogP contribution >= 0.6 is 0 Å². The maximum absolute atomic E-state index is 8.82. The second-order valence-corrected chi connectivity index (χ2v) is 4.85. The SMILES string of the molecule is CC(C)CCCN(C)c1cc(N(C)C#N)ncn1. The quantitative estimate of drug-likeness (QED) is 0.570. The van der Waals surface area contributed by atoms with Crippen LogP contribution in [-0.4, -0.2) is 30.6 Å². The van der Waals surface area contributed by atoms with E-state index in [2.05, 4.69) is 28.7 Å². The minimum Gasteiger partial charge on any atom is -0.360 e. The molecule has 0 saturated carbocycles. The summed E-state index contributed by atoms with van der Waals surface area (Å²) in [6.45, 7) is 5.42. The average molecular weight is 247 g/mol. The third-order valence-corrected chi connectivity index (χ3v) is 2.80. The van der Waals surface area contributed by atoms with E-state index in [1.807, 2.05) is 19.3 Å². The lowest BCUT2D eigenvalue weighted by atomic mass is 10.1. The van der Waals surface area contributed by atoms with E-state index in [1.54, 1.807) is 7.05 Å². The average Bonchev–Trinajstić information content (AvgIpc) is 2.37. The lowest BCUT2D eigenvalue weighted by molar-refractivity contribution is 0.555. The van der Waals surface area contributed by atoms with Crippen LogP contribution in [0.1, 0.15) is 26.7 Å². The first-order chi connectivity index (χ1) is 8.54. The zero-order valence-corrected chi connectivity index (χ0v) is 11.6. The molecule has 0 aliphatic heterocycles. The largest absolute Gasteiger partial charge is 0.360 e. The van der Waals surface area contributed by atoms with Gasteiger partial charge in [0.1, 0.15) is 18.0 Å². The van der Waals surface area contributed by atoms with Gasteiger partial charge in [-0.2, -0.15) is 5.26 Å². The molecule has 1 heterocycles. The summed E-state index contributed by atoms with van der Waals surface area (Å²) in [5.74, 6) is 2.20. The molecule has 5 heteroatoms. The predicted octanol–water partition coefficient (Wildman–Crippen LogP) is 2.27. The molecule has 0 aliphatic rings. The number of rotatable bonds is 6. The van der Waals surface area contributed by atoms with Crippen LogP contribution in [-0.2, 0) is 0 Å². The third-order valence-electron chi connectivity index (χ3n) is 2.80. The first-order valence-electron chi connectivity index (χ1n) is 6.21. The monoisotopic (exact) mass is 247 g/mol. The fourth-order valence-electron chi connectivity index (χ4n) is 1.63. The molecule has 0 N–H and O–H groups in total. The van der Waals surface area contributed by atoms with Crippen LogP contribution in [0.25, 0.3) is 0 Å². The van der Waals surface area contributed by atoms with E-state index in [9.17, 15) is 0 Å². The van der Waals surface area contributed by atoms with E-state index in [0.717, 1.165) is 24.7 Å². The molecule has 5 nitrogen and oxygen atoms in total. The molecule has 98 valence electrons. The van der Waals surface area contributed by atoms with Crippen molar-refractivity contribution in [2.24, 2.45) is 5.92 Å². The van der Waals surface area contributed by atoms with Crippen LogP contribution in [0.3, 0.4) is 0 Å². The minimum absolute atomic E-state index is 0.623. The predicted molar refractivity (Wildman–Crippen MR) is 73.4 cm³/mol. The van der Waals surface area contributed by atoms with Crippen molar-refractivity contribution in [2.45, 2.75) is 26.7 Å². The van der Waals surface area contributed by atoms with Crippen molar-refractivity contribution in [1.29, 1.82) is 5.26 Å². The Bertz CT molecular complexity index is 410. The molecule has 0 fully saturated rings. The highest BCUT2D eigenvalue weighted by Crippen LogP contribution is 2.16. The van der Waals surface area contributed by atoms with Crippen molar-refractivity contribution in [2.75, 3.05) is 30.4 Å². The zero-order valence-electron chi connectivity index (χ0n) is 11.6. The van der Waals surface area contributed by atoms with Crippen molar-refractivity contribution in [3.05, 3.63) is 12.4 Å². The third kappa shape index (κ3) is 4.21. The van der Waals surface area contributed by atoms with Crippen LogP contribution in [0.2, 0.25) is 0 Å². The number of aromatic nitrogens is 2. The topological polar surface area (TPSA) is 56.0 Å². The fraction of sp³-hybridized carbons (Fsp3) is 0.615. The van der Waals surface area contributed by atoms with Gasteiger partial charge in [-0.1, -0.05) is 13.8 Å². The Kier molecular flexibility index (Phi) is 5.37. The van der Waals surface area contributed by atoms with Gasteiger partial charge >= 0.3 is 0 Å². The molecule has 0 unspecified atom stereocenters. The van der Waals surface area contributed by atoms with Crippen molar-refractivity contribution < 1.29 is 0 Å². The van der Waals surface area contributed by atoms with E-state index in [4.69, 9.17) is 5.26 Å². The minimum atomic E-state index is 0.623. The first kappa shape index (κ1) is 14.2. The summed E-state index contributed by atoms with van der Waals surface area (Å²) in [6.07, 6.45) is 5.88. The van der Waals surface area contributed by atoms with Crippen molar-refractivity contribution in [3.8, 4) is 6.19 Å². The Balaban J connectivity index is 2.63. The molecule has 0 amide bonds. The lowest BCUT2D eigenvalue weighted by Gasteiger charge is -2.19. The molecule has 18 heavy (non-hydrogen) atoms. The van der Waals surface area contributed by atoms with Crippen molar-refractivity contribution in [3.63, 3.8) is 0 Å². The van der Waals surface area contributed by atoms with Gasteiger partial charge in [0.2, 0.25) is 0 Å². The molecule has 0 aromatic carbocycles. The maximum Gasteiger partial charge on any atom is 0.185 e. The molecule has 0 atom stereocenters. The summed E-state index contributed by atoms with van der Waals surface area (Å²) in [4.78, 5) is 11.8. The van der Waals surface area contributed by atoms with Gasteiger partial charge in [-0.05, 0) is 18.8 Å². The van der Waals surface area contributed by atoms with E-state index in [-0.39, 0.29) is 0 Å². The molecular formula is C13H21N5. The molecule has 0 spiro atoms. The van der Waals surface area contributed by atoms with Gasteiger partial charge in [-0.15, -0.1) is 0 Å². The van der Waals surface area contributed by atoms with Crippen LogP contribution < -0.4 is 9.80 Å². The van der Waals surface area contributed by atoms with E-state index < -0.39 is 0 Å². The van der Waals surface area contributed by atoms with E-state index in [0.29, 0.717) is 5.82 Å². The van der Waals surface area contributed by atoms with Gasteiger partial charge in [-0.3, -0.25) is 4.90 Å².